The number of diazo groups is 1. The minimum atomic E-state index is -0.973. The molecule has 1 rings (SSSR count). The summed E-state index contributed by atoms with van der Waals surface area (Å²) in [4.78, 5) is 13.6. The highest BCUT2D eigenvalue weighted by Gasteiger charge is 2.14. The second-order valence-corrected chi connectivity index (χ2v) is 2.60. The molecule has 0 heterocycles. The second kappa shape index (κ2) is 5.20. The van der Waals surface area contributed by atoms with Crippen LogP contribution in [0.25, 0.3) is 4.98 Å². The Labute approximate surface area is 87.6 Å². The highest BCUT2D eigenvalue weighted by atomic mass is 35.5. The summed E-state index contributed by atoms with van der Waals surface area (Å²) in [6.07, 6.45) is 0.639. The molecule has 0 aromatic heterocycles. The molecule has 0 fully saturated rings. The summed E-state index contributed by atoms with van der Waals surface area (Å²) in [6.45, 7) is 1.87. The van der Waals surface area contributed by atoms with E-state index in [0.717, 1.165) is 5.56 Å². The number of rotatable bonds is 2. The molecule has 74 valence electrons. The molecule has 14 heavy (non-hydrogen) atoms. The molecule has 0 aliphatic carbocycles. The van der Waals surface area contributed by atoms with E-state index in [-0.39, 0.29) is 18.0 Å². The summed E-state index contributed by atoms with van der Waals surface area (Å²) in [5.74, 6) is -0.973. The lowest BCUT2D eigenvalue weighted by Gasteiger charge is -1.94. The monoisotopic (exact) mass is 212 g/mol. The van der Waals surface area contributed by atoms with Gasteiger partial charge in [0.15, 0.2) is 4.98 Å². The van der Waals surface area contributed by atoms with Crippen LogP contribution in [0.15, 0.2) is 18.2 Å². The van der Waals surface area contributed by atoms with Crippen molar-refractivity contribution in [2.75, 3.05) is 0 Å². The molecule has 0 atom stereocenters. The Hall–Kier alpha value is -1.60. The zero-order chi connectivity index (χ0) is 9.84. The Balaban J connectivity index is 0.00000169. The molecule has 4 nitrogen and oxygen atoms in total. The van der Waals surface area contributed by atoms with Crippen LogP contribution in [0.5, 0.6) is 0 Å². The van der Waals surface area contributed by atoms with Crippen LogP contribution in [0.3, 0.4) is 0 Å². The van der Waals surface area contributed by atoms with Gasteiger partial charge in [-0.05, 0) is 18.6 Å². The van der Waals surface area contributed by atoms with Gasteiger partial charge in [0.2, 0.25) is 5.39 Å². The van der Waals surface area contributed by atoms with Crippen LogP contribution in [0.4, 0.5) is 5.69 Å². The molecule has 5 heteroatoms. The maximum Gasteiger partial charge on any atom is 0.388 e. The van der Waals surface area contributed by atoms with Crippen molar-refractivity contribution in [3.63, 3.8) is 0 Å². The van der Waals surface area contributed by atoms with E-state index >= 15 is 0 Å². The first-order chi connectivity index (χ1) is 6.19. The number of hydrogen-bond acceptors (Lipinski definition) is 2. The van der Waals surface area contributed by atoms with E-state index < -0.39 is 5.97 Å². The number of carbonyl (C=O) groups is 1. The molecule has 1 N–H and O–H groups in total. The van der Waals surface area contributed by atoms with Crippen molar-refractivity contribution in [3.05, 3.63) is 34.3 Å². The van der Waals surface area contributed by atoms with Gasteiger partial charge in [0.25, 0.3) is 0 Å². The quantitative estimate of drug-likeness (QED) is 0.669. The van der Waals surface area contributed by atoms with Gasteiger partial charge in [0, 0.05) is 11.6 Å². The lowest BCUT2D eigenvalue weighted by molar-refractivity contribution is -0.0000185. The Morgan fingerprint density at radius 2 is 2.21 bits per heavy atom. The fourth-order valence-electron chi connectivity index (χ4n) is 1.10. The summed E-state index contributed by atoms with van der Waals surface area (Å²) in [5.41, 5.74) is 1.36. The molecule has 1 aromatic carbocycles. The highest BCUT2D eigenvalue weighted by Crippen LogP contribution is 2.20. The van der Waals surface area contributed by atoms with Crippen molar-refractivity contribution in [1.82, 2.24) is 0 Å². The minimum absolute atomic E-state index is 0. The molecule has 0 radical (unpaired) electrons. The van der Waals surface area contributed by atoms with Crippen LogP contribution in [0.2, 0.25) is 0 Å². The molecule has 0 amide bonds. The zero-order valence-corrected chi connectivity index (χ0v) is 8.32. The summed E-state index contributed by atoms with van der Waals surface area (Å²) >= 11 is 0. The van der Waals surface area contributed by atoms with E-state index in [1.54, 1.807) is 0 Å². The standard InChI is InChI=1S/C9H8N2O2.ClH/c1-2-6-5-7(9(12)13)3-4-8(6)11-10;/h3-5H,2H2,1H3;1H. The summed E-state index contributed by atoms with van der Waals surface area (Å²) in [6, 6.07) is 4.41. The molecule has 0 bridgehead atoms. The Bertz CT molecular complexity index is 385. The number of aryl methyl sites for hydroxylation is 1. The van der Waals surface area contributed by atoms with E-state index in [0.29, 0.717) is 12.1 Å². The predicted molar refractivity (Wildman–Crippen MR) is 47.5 cm³/mol. The third-order valence-corrected chi connectivity index (χ3v) is 1.82. The maximum absolute atomic E-state index is 10.6. The summed E-state index contributed by atoms with van der Waals surface area (Å²) in [7, 11) is 0. The van der Waals surface area contributed by atoms with Gasteiger partial charge in [-0.25, -0.2) is 4.79 Å². The van der Waals surface area contributed by atoms with Crippen LogP contribution in [-0.2, 0) is 6.42 Å². The van der Waals surface area contributed by atoms with Crippen molar-refractivity contribution in [1.29, 1.82) is 5.39 Å². The van der Waals surface area contributed by atoms with Crippen molar-refractivity contribution in [2.24, 2.45) is 0 Å². The SMILES string of the molecule is CCc1cc(C(=O)O)ccc1[N+]#N.[Cl-]. The van der Waals surface area contributed by atoms with Gasteiger partial charge in [0.1, 0.15) is 0 Å². The number of carboxylic acids is 1. The average molecular weight is 213 g/mol. The normalized spacial score (nSPS) is 8.57. The van der Waals surface area contributed by atoms with Crippen molar-refractivity contribution in [3.8, 4) is 0 Å². The molecule has 0 saturated carbocycles. The molecule has 0 unspecified atom stereocenters. The van der Waals surface area contributed by atoms with E-state index in [4.69, 9.17) is 10.5 Å². The first-order valence-corrected chi connectivity index (χ1v) is 3.90. The molecule has 1 aromatic rings. The van der Waals surface area contributed by atoms with Crippen molar-refractivity contribution < 1.29 is 22.3 Å². The van der Waals surface area contributed by atoms with Gasteiger partial charge in [0.05, 0.1) is 5.56 Å². The second-order valence-electron chi connectivity index (χ2n) is 2.60. The van der Waals surface area contributed by atoms with Gasteiger partial charge in [-0.3, -0.25) is 0 Å². The minimum Gasteiger partial charge on any atom is -1.00 e. The van der Waals surface area contributed by atoms with E-state index in [1.807, 2.05) is 6.92 Å². The molecular formula is C9H9ClN2O2. The van der Waals surface area contributed by atoms with Gasteiger partial charge in [-0.2, -0.15) is 0 Å². The lowest BCUT2D eigenvalue weighted by atomic mass is 10.1. The van der Waals surface area contributed by atoms with Crippen molar-refractivity contribution in [2.45, 2.75) is 13.3 Å². The average Bonchev–Trinajstić information content (AvgIpc) is 2.16. The van der Waals surface area contributed by atoms with Crippen LogP contribution < -0.4 is 12.4 Å². The van der Waals surface area contributed by atoms with Gasteiger partial charge in [-0.1, -0.05) is 6.92 Å². The topological polar surface area (TPSA) is 65.4 Å². The number of aromatic carboxylic acids is 1. The molecular weight excluding hydrogens is 204 g/mol. The molecule has 0 saturated heterocycles. The molecule has 0 aliphatic heterocycles. The fourth-order valence-corrected chi connectivity index (χ4v) is 1.10. The number of benzene rings is 1. The third kappa shape index (κ3) is 2.44. The first-order valence-electron chi connectivity index (χ1n) is 3.90. The van der Waals surface area contributed by atoms with Crippen LogP contribution in [0, 0.1) is 5.39 Å². The summed E-state index contributed by atoms with van der Waals surface area (Å²) in [5, 5.41) is 17.2. The van der Waals surface area contributed by atoms with E-state index in [1.165, 1.54) is 18.2 Å². The zero-order valence-electron chi connectivity index (χ0n) is 7.57. The number of halogens is 1. The van der Waals surface area contributed by atoms with Gasteiger partial charge in [-0.15, -0.1) is 0 Å². The lowest BCUT2D eigenvalue weighted by Crippen LogP contribution is -3.00. The predicted octanol–water partition coefficient (Wildman–Crippen LogP) is -0.564. The third-order valence-electron chi connectivity index (χ3n) is 1.82. The maximum atomic E-state index is 10.6. The van der Waals surface area contributed by atoms with Gasteiger partial charge >= 0.3 is 11.7 Å². The van der Waals surface area contributed by atoms with Crippen LogP contribution in [0.1, 0.15) is 22.8 Å². The van der Waals surface area contributed by atoms with Gasteiger partial charge < -0.3 is 17.5 Å². The van der Waals surface area contributed by atoms with Crippen LogP contribution >= 0.6 is 0 Å². The van der Waals surface area contributed by atoms with Crippen LogP contribution in [-0.4, -0.2) is 11.1 Å². The number of carboxylic acid groups (broad SMARTS) is 1. The Morgan fingerprint density at radius 1 is 1.57 bits per heavy atom. The summed E-state index contributed by atoms with van der Waals surface area (Å²) < 4.78 is 0. The Morgan fingerprint density at radius 3 is 2.64 bits per heavy atom. The van der Waals surface area contributed by atoms with E-state index in [2.05, 4.69) is 4.98 Å². The van der Waals surface area contributed by atoms with Crippen molar-refractivity contribution >= 4 is 11.7 Å². The fraction of sp³-hybridized carbons (Fsp3) is 0.222. The first kappa shape index (κ1) is 12.4. The largest absolute Gasteiger partial charge is 1.00 e. The molecule has 0 aliphatic rings. The molecule has 0 spiro atoms. The number of hydrogen-bond donors (Lipinski definition) is 1. The smallest absolute Gasteiger partial charge is 0.388 e. The highest BCUT2D eigenvalue weighted by molar-refractivity contribution is 5.88. The van der Waals surface area contributed by atoms with E-state index in [9.17, 15) is 4.79 Å². The Kier molecular flexibility index (Phi) is 4.60. The number of nitrogens with zero attached hydrogens (tertiary/aromatic N) is 2.